The van der Waals surface area contributed by atoms with E-state index in [0.29, 0.717) is 12.8 Å². The largest absolute Gasteiger partial charge is 0.481 e. The minimum atomic E-state index is -0.691. The van der Waals surface area contributed by atoms with Crippen LogP contribution in [0.25, 0.3) is 21.5 Å². The van der Waals surface area contributed by atoms with Gasteiger partial charge >= 0.3 is 5.97 Å². The molecule has 0 amide bonds. The van der Waals surface area contributed by atoms with Gasteiger partial charge in [-0.25, -0.2) is 4.98 Å². The second kappa shape index (κ2) is 8.88. The van der Waals surface area contributed by atoms with E-state index in [9.17, 15) is 9.90 Å². The molecule has 0 aliphatic carbocycles. The Morgan fingerprint density at radius 3 is 2.86 bits per heavy atom. The fraction of sp³-hybridized carbons (Fsp3) is 0.409. The lowest BCUT2D eigenvalue weighted by Crippen LogP contribution is -2.36. The fourth-order valence-electron chi connectivity index (χ4n) is 3.87. The van der Waals surface area contributed by atoms with E-state index in [1.807, 2.05) is 17.8 Å². The van der Waals surface area contributed by atoms with Crippen LogP contribution in [-0.2, 0) is 16.0 Å². The van der Waals surface area contributed by atoms with E-state index >= 15 is 0 Å². The zero-order valence-electron chi connectivity index (χ0n) is 16.5. The predicted molar refractivity (Wildman–Crippen MR) is 116 cm³/mol. The van der Waals surface area contributed by atoms with Crippen molar-refractivity contribution in [1.29, 1.82) is 0 Å². The third-order valence-corrected chi connectivity index (χ3v) is 6.34. The minimum absolute atomic E-state index is 0.253. The maximum atomic E-state index is 11.3. The molecule has 0 atom stereocenters. The van der Waals surface area contributed by atoms with Gasteiger partial charge in [0.05, 0.1) is 17.3 Å². The summed E-state index contributed by atoms with van der Waals surface area (Å²) in [6, 6.07) is 6.42. The first-order valence-corrected chi connectivity index (χ1v) is 10.8. The molecule has 4 heterocycles. The lowest BCUT2D eigenvalue weighted by atomic mass is 9.96. The number of carboxylic acid groups (broad SMARTS) is 1. The van der Waals surface area contributed by atoms with Crippen LogP contribution in [0.2, 0.25) is 0 Å². The zero-order valence-corrected chi connectivity index (χ0v) is 17.3. The van der Waals surface area contributed by atoms with Crippen molar-refractivity contribution in [2.24, 2.45) is 5.92 Å². The van der Waals surface area contributed by atoms with Crippen LogP contribution < -0.4 is 4.90 Å². The number of nitrogens with zero attached hydrogens (tertiary/aromatic N) is 3. The number of pyridine rings is 2. The first-order chi connectivity index (χ1) is 14.2. The van der Waals surface area contributed by atoms with Crippen molar-refractivity contribution in [3.8, 4) is 11.3 Å². The van der Waals surface area contributed by atoms with Crippen molar-refractivity contribution in [2.75, 3.05) is 31.7 Å². The van der Waals surface area contributed by atoms with Crippen LogP contribution in [0.1, 0.15) is 24.8 Å². The third-order valence-electron chi connectivity index (χ3n) is 5.50. The molecule has 1 aliphatic heterocycles. The minimum Gasteiger partial charge on any atom is -0.481 e. The summed E-state index contributed by atoms with van der Waals surface area (Å²) in [6.45, 7) is 2.17. The van der Waals surface area contributed by atoms with Crippen LogP contribution in [0, 0.1) is 5.92 Å². The fourth-order valence-corrected chi connectivity index (χ4v) is 4.59. The maximum absolute atomic E-state index is 11.3. The molecular weight excluding hydrogens is 386 g/mol. The van der Waals surface area contributed by atoms with Crippen molar-refractivity contribution in [2.45, 2.75) is 25.7 Å². The van der Waals surface area contributed by atoms with Gasteiger partial charge in [-0.2, -0.15) is 0 Å². The number of methoxy groups -OCH3 is 1. The van der Waals surface area contributed by atoms with Gasteiger partial charge in [-0.1, -0.05) is 0 Å². The third kappa shape index (κ3) is 4.41. The highest BCUT2D eigenvalue weighted by Crippen LogP contribution is 2.34. The molecule has 152 valence electrons. The van der Waals surface area contributed by atoms with Gasteiger partial charge in [0.1, 0.15) is 4.83 Å². The summed E-state index contributed by atoms with van der Waals surface area (Å²) in [5, 5.41) is 12.5. The number of hydrogen-bond donors (Lipinski definition) is 1. The Bertz CT molecular complexity index is 996. The molecule has 1 saturated heterocycles. The van der Waals surface area contributed by atoms with Gasteiger partial charge in [-0.3, -0.25) is 9.78 Å². The van der Waals surface area contributed by atoms with Gasteiger partial charge in [0, 0.05) is 50.1 Å². The number of carboxylic acids is 1. The molecule has 0 unspecified atom stereocenters. The molecule has 0 saturated carbocycles. The Balaban J connectivity index is 1.67. The highest BCUT2D eigenvalue weighted by molar-refractivity contribution is 7.16. The van der Waals surface area contributed by atoms with E-state index in [0.717, 1.165) is 59.7 Å². The van der Waals surface area contributed by atoms with E-state index in [1.165, 1.54) is 5.56 Å². The molecule has 0 spiro atoms. The number of fused-ring (bicyclic) bond motifs is 1. The average Bonchev–Trinajstić information content (AvgIpc) is 3.22. The molecule has 1 aliphatic rings. The van der Waals surface area contributed by atoms with Crippen molar-refractivity contribution in [3.05, 3.63) is 41.5 Å². The highest BCUT2D eigenvalue weighted by atomic mass is 32.1. The lowest BCUT2D eigenvalue weighted by molar-refractivity contribution is -0.142. The number of carbonyl (C=O) groups is 1. The number of hydrogen-bond acceptors (Lipinski definition) is 6. The summed E-state index contributed by atoms with van der Waals surface area (Å²) in [7, 11) is 1.72. The van der Waals surface area contributed by atoms with E-state index in [-0.39, 0.29) is 5.92 Å². The van der Waals surface area contributed by atoms with Crippen LogP contribution in [0.15, 0.2) is 36.0 Å². The molecule has 0 radical (unpaired) electrons. The van der Waals surface area contributed by atoms with Gasteiger partial charge in [0.15, 0.2) is 0 Å². The molecular formula is C22H25N3O3S. The number of aromatic nitrogens is 2. The number of aliphatic carboxylic acids is 1. The second-order valence-electron chi connectivity index (χ2n) is 7.45. The summed E-state index contributed by atoms with van der Waals surface area (Å²) in [5.41, 5.74) is 4.15. The molecule has 6 nitrogen and oxygen atoms in total. The molecule has 3 aromatic rings. The number of thiophene rings is 1. The summed E-state index contributed by atoms with van der Waals surface area (Å²) in [6.07, 6.45) is 6.99. The Hall–Kier alpha value is -2.51. The monoisotopic (exact) mass is 411 g/mol. The normalized spacial score (nSPS) is 15.1. The predicted octanol–water partition coefficient (Wildman–Crippen LogP) is 4.24. The van der Waals surface area contributed by atoms with Crippen molar-refractivity contribution < 1.29 is 14.6 Å². The summed E-state index contributed by atoms with van der Waals surface area (Å²) < 4.78 is 5.18. The van der Waals surface area contributed by atoms with Crippen LogP contribution >= 0.6 is 11.3 Å². The number of ether oxygens (including phenoxy) is 1. The van der Waals surface area contributed by atoms with Crippen molar-refractivity contribution >= 4 is 33.2 Å². The highest BCUT2D eigenvalue weighted by Gasteiger charge is 2.26. The number of piperidine rings is 1. The quantitative estimate of drug-likeness (QED) is 0.586. The van der Waals surface area contributed by atoms with Gasteiger partial charge in [0.25, 0.3) is 0 Å². The first kappa shape index (κ1) is 19.8. The van der Waals surface area contributed by atoms with Crippen LogP contribution in [0.4, 0.5) is 5.69 Å². The van der Waals surface area contributed by atoms with E-state index in [4.69, 9.17) is 9.72 Å². The topological polar surface area (TPSA) is 75.6 Å². The Labute approximate surface area is 174 Å². The molecule has 1 fully saturated rings. The van der Waals surface area contributed by atoms with Crippen LogP contribution in [0.3, 0.4) is 0 Å². The molecule has 1 N–H and O–H groups in total. The Morgan fingerprint density at radius 2 is 2.10 bits per heavy atom. The van der Waals surface area contributed by atoms with Crippen LogP contribution in [0.5, 0.6) is 0 Å². The molecule has 4 rings (SSSR count). The number of aryl methyl sites for hydroxylation is 1. The van der Waals surface area contributed by atoms with E-state index in [2.05, 4.69) is 28.1 Å². The van der Waals surface area contributed by atoms with Gasteiger partial charge < -0.3 is 14.7 Å². The smallest absolute Gasteiger partial charge is 0.306 e. The summed E-state index contributed by atoms with van der Waals surface area (Å²) in [4.78, 5) is 24.0. The van der Waals surface area contributed by atoms with Gasteiger partial charge in [0.2, 0.25) is 0 Å². The Kier molecular flexibility index (Phi) is 6.06. The second-order valence-corrected chi connectivity index (χ2v) is 8.34. The van der Waals surface area contributed by atoms with Crippen LogP contribution in [-0.4, -0.2) is 47.8 Å². The standard InChI is InChI=1S/C22H25N3O3S/c1-28-9-2-3-15-11-19(25-7-4-16(5-8-25)22(26)27)20(23-13-15)18-12-17-6-10-29-21(17)24-14-18/h6,10-14,16H,2-5,7-9H2,1H3,(H,26,27). The van der Waals surface area contributed by atoms with Gasteiger partial charge in [-0.15, -0.1) is 11.3 Å². The average molecular weight is 412 g/mol. The van der Waals surface area contributed by atoms with Crippen molar-refractivity contribution in [3.63, 3.8) is 0 Å². The lowest BCUT2D eigenvalue weighted by Gasteiger charge is -2.33. The molecule has 29 heavy (non-hydrogen) atoms. The van der Waals surface area contributed by atoms with Crippen molar-refractivity contribution in [1.82, 2.24) is 9.97 Å². The maximum Gasteiger partial charge on any atom is 0.306 e. The summed E-state index contributed by atoms with van der Waals surface area (Å²) >= 11 is 1.63. The number of rotatable bonds is 7. The SMILES string of the molecule is COCCCc1cnc(-c2cnc3sccc3c2)c(N2CCC(C(=O)O)CC2)c1. The molecule has 0 bridgehead atoms. The molecule has 3 aromatic heterocycles. The zero-order chi connectivity index (χ0) is 20.2. The molecule has 7 heteroatoms. The van der Waals surface area contributed by atoms with E-state index < -0.39 is 5.97 Å². The summed E-state index contributed by atoms with van der Waals surface area (Å²) in [5.74, 6) is -0.945. The van der Waals surface area contributed by atoms with Gasteiger partial charge in [-0.05, 0) is 54.8 Å². The molecule has 0 aromatic carbocycles. The Morgan fingerprint density at radius 1 is 1.28 bits per heavy atom. The van der Waals surface area contributed by atoms with E-state index in [1.54, 1.807) is 18.4 Å². The number of anilines is 1. The first-order valence-electron chi connectivity index (χ1n) is 9.95.